The third kappa shape index (κ3) is 2.90. The largest absolute Gasteiger partial charge is 0.402 e. The van der Waals surface area contributed by atoms with E-state index in [0.29, 0.717) is 37.3 Å². The molecule has 3 aliphatic rings. The fourth-order valence-corrected chi connectivity index (χ4v) is 3.09. The van der Waals surface area contributed by atoms with Crippen molar-refractivity contribution in [3.63, 3.8) is 0 Å². The Bertz CT molecular complexity index is 632. The average Bonchev–Trinajstić information content (AvgIpc) is 2.78. The maximum absolute atomic E-state index is 9.59. The molecule has 2 unspecified atom stereocenters. The van der Waals surface area contributed by atoms with Gasteiger partial charge in [-0.3, -0.25) is 10.6 Å². The summed E-state index contributed by atoms with van der Waals surface area (Å²) in [6.45, 7) is 3.08. The Hall–Kier alpha value is -2.09. The molecule has 0 spiro atoms. The SMILES string of the molecule is CC12C=CCC(C(=N)C3=C(N)CCN(C(N)O)C3)=CN1C=CN2. The van der Waals surface area contributed by atoms with Gasteiger partial charge in [0.05, 0.1) is 5.71 Å². The van der Waals surface area contributed by atoms with Crippen LogP contribution in [-0.4, -0.2) is 45.7 Å². The van der Waals surface area contributed by atoms with Crippen molar-refractivity contribution in [1.82, 2.24) is 15.1 Å². The first-order chi connectivity index (χ1) is 10.9. The number of hydrogen-bond acceptors (Lipinski definition) is 7. The minimum absolute atomic E-state index is 0.284. The van der Waals surface area contributed by atoms with E-state index in [4.69, 9.17) is 16.9 Å². The predicted octanol–water partition coefficient (Wildman–Crippen LogP) is 0.0957. The van der Waals surface area contributed by atoms with Crippen LogP contribution in [0.3, 0.4) is 0 Å². The monoisotopic (exact) mass is 316 g/mol. The number of nitrogens with two attached hydrogens (primary N) is 2. The summed E-state index contributed by atoms with van der Waals surface area (Å²) in [4.78, 5) is 3.77. The molecule has 0 aromatic heterocycles. The molecule has 0 amide bonds. The third-order valence-corrected chi connectivity index (χ3v) is 4.64. The number of hydrogen-bond donors (Lipinski definition) is 5. The molecule has 7 heteroatoms. The van der Waals surface area contributed by atoms with Crippen LogP contribution in [0.1, 0.15) is 19.8 Å². The summed E-state index contributed by atoms with van der Waals surface area (Å²) in [5, 5.41) is 21.5. The Morgan fingerprint density at radius 2 is 2.30 bits per heavy atom. The number of nitrogens with one attached hydrogen (secondary N) is 2. The maximum Gasteiger partial charge on any atom is 0.160 e. The number of allylic oxidation sites excluding steroid dienone is 2. The minimum atomic E-state index is -1.03. The lowest BCUT2D eigenvalue weighted by molar-refractivity contribution is 0.0136. The van der Waals surface area contributed by atoms with Gasteiger partial charge in [0.15, 0.2) is 6.35 Å². The second-order valence-corrected chi connectivity index (χ2v) is 6.29. The van der Waals surface area contributed by atoms with Crippen LogP contribution in [0.4, 0.5) is 0 Å². The van der Waals surface area contributed by atoms with Crippen LogP contribution in [0.2, 0.25) is 0 Å². The van der Waals surface area contributed by atoms with Crippen molar-refractivity contribution in [3.05, 3.63) is 47.6 Å². The molecule has 0 aromatic rings. The van der Waals surface area contributed by atoms with Gasteiger partial charge in [-0.1, -0.05) is 6.08 Å². The van der Waals surface area contributed by atoms with E-state index in [0.717, 1.165) is 11.1 Å². The van der Waals surface area contributed by atoms with Gasteiger partial charge in [-0.25, -0.2) is 0 Å². The highest BCUT2D eigenvalue weighted by atomic mass is 16.3. The Kier molecular flexibility index (Phi) is 4.01. The molecule has 0 aliphatic carbocycles. The normalized spacial score (nSPS) is 29.0. The molecular weight excluding hydrogens is 292 g/mol. The summed E-state index contributed by atoms with van der Waals surface area (Å²) in [5.74, 6) is 0. The second kappa shape index (κ2) is 5.84. The van der Waals surface area contributed by atoms with Crippen LogP contribution in [0.25, 0.3) is 0 Å². The highest BCUT2D eigenvalue weighted by Gasteiger charge is 2.31. The second-order valence-electron chi connectivity index (χ2n) is 6.29. The van der Waals surface area contributed by atoms with E-state index in [9.17, 15) is 5.11 Å². The third-order valence-electron chi connectivity index (χ3n) is 4.64. The van der Waals surface area contributed by atoms with Gasteiger partial charge in [0.1, 0.15) is 5.66 Å². The van der Waals surface area contributed by atoms with Crippen LogP contribution in [-0.2, 0) is 0 Å². The zero-order chi connectivity index (χ0) is 16.6. The van der Waals surface area contributed by atoms with Gasteiger partial charge in [-0.2, -0.15) is 0 Å². The summed E-state index contributed by atoms with van der Waals surface area (Å²) < 4.78 is 0. The van der Waals surface area contributed by atoms with Gasteiger partial charge in [0.2, 0.25) is 0 Å². The van der Waals surface area contributed by atoms with E-state index in [2.05, 4.69) is 29.3 Å². The van der Waals surface area contributed by atoms with Gasteiger partial charge in [0, 0.05) is 49.4 Å². The topological polar surface area (TPSA) is 115 Å². The number of fused-ring (bicyclic) bond motifs is 1. The fraction of sp³-hybridized carbons (Fsp3) is 0.438. The van der Waals surface area contributed by atoms with Crippen molar-refractivity contribution in [2.24, 2.45) is 11.5 Å². The van der Waals surface area contributed by atoms with E-state index >= 15 is 0 Å². The van der Waals surface area contributed by atoms with E-state index in [1.54, 1.807) is 4.90 Å². The number of nitrogens with zero attached hydrogens (tertiary/aromatic N) is 2. The Labute approximate surface area is 136 Å². The first kappa shape index (κ1) is 15.8. The number of aliphatic hydroxyl groups excluding tert-OH is 1. The molecule has 124 valence electrons. The zero-order valence-electron chi connectivity index (χ0n) is 13.3. The van der Waals surface area contributed by atoms with E-state index < -0.39 is 6.35 Å². The Morgan fingerprint density at radius 1 is 1.52 bits per heavy atom. The van der Waals surface area contributed by atoms with E-state index in [-0.39, 0.29) is 5.66 Å². The fourth-order valence-electron chi connectivity index (χ4n) is 3.09. The van der Waals surface area contributed by atoms with Crippen LogP contribution in [0.15, 0.2) is 47.6 Å². The molecule has 3 heterocycles. The molecule has 0 fully saturated rings. The van der Waals surface area contributed by atoms with Crippen molar-refractivity contribution in [2.45, 2.75) is 31.8 Å². The van der Waals surface area contributed by atoms with E-state index in [1.807, 2.05) is 18.6 Å². The molecule has 7 nitrogen and oxygen atoms in total. The molecule has 23 heavy (non-hydrogen) atoms. The molecule has 7 N–H and O–H groups in total. The van der Waals surface area contributed by atoms with Crippen LogP contribution in [0.5, 0.6) is 0 Å². The summed E-state index contributed by atoms with van der Waals surface area (Å²) in [6, 6.07) is 0. The van der Waals surface area contributed by atoms with Crippen LogP contribution < -0.4 is 16.8 Å². The molecule has 0 bridgehead atoms. The lowest BCUT2D eigenvalue weighted by Crippen LogP contribution is -2.47. The first-order valence-electron chi connectivity index (χ1n) is 7.76. The van der Waals surface area contributed by atoms with Crippen LogP contribution in [0, 0.1) is 5.41 Å². The summed E-state index contributed by atoms with van der Waals surface area (Å²) in [6.07, 6.45) is 10.2. The van der Waals surface area contributed by atoms with Crippen molar-refractivity contribution in [2.75, 3.05) is 13.1 Å². The van der Waals surface area contributed by atoms with Gasteiger partial charge in [0.25, 0.3) is 0 Å². The Morgan fingerprint density at radius 3 is 3.04 bits per heavy atom. The predicted molar refractivity (Wildman–Crippen MR) is 89.7 cm³/mol. The smallest absolute Gasteiger partial charge is 0.160 e. The quantitative estimate of drug-likeness (QED) is 0.286. The standard InChI is InChI=1S/C16H24N6O/c1-16-5-2-3-11(9-22(16)8-6-20-16)14(18)12-10-21(15(19)23)7-4-13(12)17/h2,5-6,8-9,15,18,20,23H,3-4,7,10,17,19H2,1H3. The molecular formula is C16H24N6O. The van der Waals surface area contributed by atoms with E-state index in [1.165, 1.54) is 0 Å². The molecule has 0 saturated carbocycles. The highest BCUT2D eigenvalue weighted by Crippen LogP contribution is 2.28. The summed E-state index contributed by atoms with van der Waals surface area (Å²) >= 11 is 0. The zero-order valence-corrected chi connectivity index (χ0v) is 13.3. The van der Waals surface area contributed by atoms with Crippen molar-refractivity contribution in [3.8, 4) is 0 Å². The van der Waals surface area contributed by atoms with Crippen LogP contribution >= 0.6 is 0 Å². The molecule has 0 saturated heterocycles. The average molecular weight is 316 g/mol. The minimum Gasteiger partial charge on any atom is -0.402 e. The first-order valence-corrected chi connectivity index (χ1v) is 7.76. The molecule has 0 radical (unpaired) electrons. The van der Waals surface area contributed by atoms with Gasteiger partial charge in [-0.15, -0.1) is 0 Å². The Balaban J connectivity index is 1.86. The van der Waals surface area contributed by atoms with Crippen molar-refractivity contribution >= 4 is 5.71 Å². The van der Waals surface area contributed by atoms with Gasteiger partial charge < -0.3 is 26.5 Å². The molecule has 0 aromatic carbocycles. The summed E-state index contributed by atoms with van der Waals surface area (Å²) in [5.41, 5.74) is 14.2. The van der Waals surface area contributed by atoms with Crippen molar-refractivity contribution in [1.29, 1.82) is 5.41 Å². The molecule has 3 rings (SSSR count). The maximum atomic E-state index is 9.59. The summed E-state index contributed by atoms with van der Waals surface area (Å²) in [7, 11) is 0. The number of rotatable bonds is 3. The highest BCUT2D eigenvalue weighted by molar-refractivity contribution is 6.11. The lowest BCUT2D eigenvalue weighted by Gasteiger charge is -2.32. The number of aliphatic hydroxyl groups is 1. The van der Waals surface area contributed by atoms with Gasteiger partial charge in [-0.05, 0) is 25.0 Å². The molecule has 2 atom stereocenters. The lowest BCUT2D eigenvalue weighted by atomic mass is 9.95. The van der Waals surface area contributed by atoms with Gasteiger partial charge >= 0.3 is 0 Å². The van der Waals surface area contributed by atoms with Crippen molar-refractivity contribution < 1.29 is 5.11 Å². The molecule has 3 aliphatic heterocycles.